The summed E-state index contributed by atoms with van der Waals surface area (Å²) < 4.78 is 37.9. The molecule has 11 heteroatoms. The van der Waals surface area contributed by atoms with Crippen LogP contribution in [0.15, 0.2) is 35.6 Å². The Labute approximate surface area is 187 Å². The van der Waals surface area contributed by atoms with Gasteiger partial charge >= 0.3 is 0 Å². The van der Waals surface area contributed by atoms with Gasteiger partial charge in [0.05, 0.1) is 11.1 Å². The summed E-state index contributed by atoms with van der Waals surface area (Å²) in [6.07, 6.45) is 6.21. The molecular formula is C21H28N6O4S. The number of nitrogens with zero attached hydrogens (tertiary/aromatic N) is 5. The lowest BCUT2D eigenvalue weighted by Crippen LogP contribution is -2.34. The van der Waals surface area contributed by atoms with E-state index in [4.69, 9.17) is 9.47 Å². The molecule has 1 saturated heterocycles. The van der Waals surface area contributed by atoms with Crippen molar-refractivity contribution in [2.75, 3.05) is 46.6 Å². The number of hydrogen-bond donors (Lipinski definition) is 1. The van der Waals surface area contributed by atoms with Gasteiger partial charge < -0.3 is 19.7 Å². The third-order valence-corrected chi connectivity index (χ3v) is 6.39. The Morgan fingerprint density at radius 2 is 2.00 bits per heavy atom. The van der Waals surface area contributed by atoms with Crippen molar-refractivity contribution in [1.82, 2.24) is 30.0 Å². The molecule has 0 bridgehead atoms. The number of rotatable bonds is 8. The lowest BCUT2D eigenvalue weighted by atomic mass is 10.1. The summed E-state index contributed by atoms with van der Waals surface area (Å²) in [5, 5.41) is 8.51. The highest BCUT2D eigenvalue weighted by Crippen LogP contribution is 2.31. The Morgan fingerprint density at radius 1 is 1.22 bits per heavy atom. The highest BCUT2D eigenvalue weighted by Gasteiger charge is 2.21. The van der Waals surface area contributed by atoms with E-state index in [0.29, 0.717) is 41.5 Å². The van der Waals surface area contributed by atoms with E-state index >= 15 is 0 Å². The number of piperidine rings is 1. The van der Waals surface area contributed by atoms with Crippen LogP contribution in [-0.2, 0) is 9.84 Å². The summed E-state index contributed by atoms with van der Waals surface area (Å²) in [6, 6.07) is 4.76. The number of aromatic nitrogens is 4. The zero-order valence-electron chi connectivity index (χ0n) is 18.5. The van der Waals surface area contributed by atoms with Crippen molar-refractivity contribution in [3.05, 3.63) is 30.7 Å². The van der Waals surface area contributed by atoms with Crippen LogP contribution in [0.1, 0.15) is 12.8 Å². The number of sulfone groups is 1. The quantitative estimate of drug-likeness (QED) is 0.531. The highest BCUT2D eigenvalue weighted by molar-refractivity contribution is 7.90. The molecule has 3 heterocycles. The Morgan fingerprint density at radius 3 is 2.72 bits per heavy atom. The van der Waals surface area contributed by atoms with E-state index in [0.717, 1.165) is 25.9 Å². The van der Waals surface area contributed by atoms with Gasteiger partial charge in [-0.25, -0.2) is 23.1 Å². The van der Waals surface area contributed by atoms with Gasteiger partial charge in [-0.15, -0.1) is 0 Å². The second-order valence-electron chi connectivity index (χ2n) is 8.09. The van der Waals surface area contributed by atoms with Gasteiger partial charge in [-0.05, 0) is 52.2 Å². The summed E-state index contributed by atoms with van der Waals surface area (Å²) >= 11 is 0. The molecule has 10 nitrogen and oxygen atoms in total. The van der Waals surface area contributed by atoms with E-state index in [1.165, 1.54) is 18.6 Å². The number of benzene rings is 1. The largest absolute Gasteiger partial charge is 0.490 e. The van der Waals surface area contributed by atoms with Gasteiger partial charge in [0.2, 0.25) is 5.88 Å². The van der Waals surface area contributed by atoms with Crippen LogP contribution in [0.2, 0.25) is 0 Å². The first-order valence-corrected chi connectivity index (χ1v) is 12.4. The maximum Gasteiger partial charge on any atom is 0.228 e. The lowest BCUT2D eigenvalue weighted by molar-refractivity contribution is 0.158. The van der Waals surface area contributed by atoms with Crippen molar-refractivity contribution in [2.24, 2.45) is 0 Å². The molecule has 0 unspecified atom stereocenters. The molecule has 0 radical (unpaired) electrons. The Hall–Kier alpha value is -2.76. The average molecular weight is 461 g/mol. The summed E-state index contributed by atoms with van der Waals surface area (Å²) in [5.74, 6) is 0.912. The Kier molecular flexibility index (Phi) is 6.58. The van der Waals surface area contributed by atoms with Crippen LogP contribution in [0.4, 0.5) is 0 Å². The molecule has 0 spiro atoms. The number of ether oxygens (including phenoxy) is 2. The fourth-order valence-electron chi connectivity index (χ4n) is 3.52. The second kappa shape index (κ2) is 9.39. The zero-order chi connectivity index (χ0) is 22.7. The van der Waals surface area contributed by atoms with Gasteiger partial charge in [-0.3, -0.25) is 0 Å². The molecule has 2 aromatic heterocycles. The fourth-order valence-corrected chi connectivity index (χ4v) is 4.15. The smallest absolute Gasteiger partial charge is 0.228 e. The maximum absolute atomic E-state index is 12.1. The first kappa shape index (κ1) is 22.4. The maximum atomic E-state index is 12.1. The fraction of sp³-hybridized carbons (Fsp3) is 0.476. The predicted octanol–water partition coefficient (Wildman–Crippen LogP) is 1.29. The molecule has 1 aliphatic rings. The van der Waals surface area contributed by atoms with E-state index in [-0.39, 0.29) is 11.0 Å². The highest BCUT2D eigenvalue weighted by atomic mass is 32.2. The van der Waals surface area contributed by atoms with Crippen LogP contribution in [0.25, 0.3) is 16.7 Å². The van der Waals surface area contributed by atoms with Crippen LogP contribution in [-0.4, -0.2) is 85.8 Å². The number of nitrogens with one attached hydrogen (secondary N) is 1. The molecule has 172 valence electrons. The first-order valence-electron chi connectivity index (χ1n) is 10.5. The SMILES string of the molecule is CN(C)CCOc1cc(S(C)(=O)=O)ccc1-n1ncc2c(OC3CCNCC3)ncnc21. The van der Waals surface area contributed by atoms with E-state index in [1.54, 1.807) is 23.0 Å². The van der Waals surface area contributed by atoms with Crippen molar-refractivity contribution < 1.29 is 17.9 Å². The third-order valence-electron chi connectivity index (χ3n) is 5.28. The lowest BCUT2D eigenvalue weighted by Gasteiger charge is -2.23. The molecule has 3 aromatic rings. The van der Waals surface area contributed by atoms with Crippen molar-refractivity contribution in [3.63, 3.8) is 0 Å². The number of fused-ring (bicyclic) bond motifs is 1. The molecule has 1 aliphatic heterocycles. The van der Waals surface area contributed by atoms with Crippen LogP contribution >= 0.6 is 0 Å². The molecule has 32 heavy (non-hydrogen) atoms. The Balaban J connectivity index is 1.71. The van der Waals surface area contributed by atoms with Crippen molar-refractivity contribution in [1.29, 1.82) is 0 Å². The topological polar surface area (TPSA) is 111 Å². The summed E-state index contributed by atoms with van der Waals surface area (Å²) in [6.45, 7) is 2.90. The molecule has 0 atom stereocenters. The zero-order valence-corrected chi connectivity index (χ0v) is 19.3. The predicted molar refractivity (Wildman–Crippen MR) is 120 cm³/mol. The monoisotopic (exact) mass is 460 g/mol. The molecule has 0 amide bonds. The first-order chi connectivity index (χ1) is 15.3. The molecule has 1 N–H and O–H groups in total. The van der Waals surface area contributed by atoms with Crippen LogP contribution in [0, 0.1) is 0 Å². The molecule has 0 aliphatic carbocycles. The normalized spacial score (nSPS) is 15.4. The van der Waals surface area contributed by atoms with Gasteiger partial charge in [0, 0.05) is 18.9 Å². The summed E-state index contributed by atoms with van der Waals surface area (Å²) in [7, 11) is 0.498. The van der Waals surface area contributed by atoms with E-state index in [9.17, 15) is 8.42 Å². The molecular weight excluding hydrogens is 432 g/mol. The minimum Gasteiger partial charge on any atom is -0.490 e. The summed E-state index contributed by atoms with van der Waals surface area (Å²) in [4.78, 5) is 10.9. The number of hydrogen-bond acceptors (Lipinski definition) is 9. The standard InChI is InChI=1S/C21H28N6O4S/c1-26(2)10-11-30-19-12-16(32(3,28)29)4-5-18(19)27-20-17(13-25-27)21(24-14-23-20)31-15-6-8-22-9-7-15/h4-5,12-15,22H,6-11H2,1-3H3. The van der Waals surface area contributed by atoms with Gasteiger partial charge in [0.1, 0.15) is 35.9 Å². The van der Waals surface area contributed by atoms with Gasteiger partial charge in [0.25, 0.3) is 0 Å². The number of likely N-dealkylation sites (N-methyl/N-ethyl adjacent to an activating group) is 1. The van der Waals surface area contributed by atoms with E-state index in [2.05, 4.69) is 20.4 Å². The molecule has 0 saturated carbocycles. The van der Waals surface area contributed by atoms with Crippen LogP contribution < -0.4 is 14.8 Å². The molecule has 1 fully saturated rings. The van der Waals surface area contributed by atoms with Crippen LogP contribution in [0.5, 0.6) is 11.6 Å². The second-order valence-corrected chi connectivity index (χ2v) is 10.1. The molecule has 4 rings (SSSR count). The minimum atomic E-state index is -3.39. The van der Waals surface area contributed by atoms with Crippen LogP contribution in [0.3, 0.4) is 0 Å². The third kappa shape index (κ3) is 5.00. The summed E-state index contributed by atoms with van der Waals surface area (Å²) in [5.41, 5.74) is 1.16. The van der Waals surface area contributed by atoms with E-state index < -0.39 is 9.84 Å². The van der Waals surface area contributed by atoms with Gasteiger partial charge in [0.15, 0.2) is 15.5 Å². The van der Waals surface area contributed by atoms with E-state index in [1.807, 2.05) is 19.0 Å². The van der Waals surface area contributed by atoms with Crippen molar-refractivity contribution in [2.45, 2.75) is 23.8 Å². The molecule has 1 aromatic carbocycles. The van der Waals surface area contributed by atoms with Crippen molar-refractivity contribution in [3.8, 4) is 17.3 Å². The Bertz CT molecular complexity index is 1190. The average Bonchev–Trinajstić information content (AvgIpc) is 3.18. The van der Waals surface area contributed by atoms with Gasteiger partial charge in [-0.2, -0.15) is 5.10 Å². The van der Waals surface area contributed by atoms with Gasteiger partial charge in [-0.1, -0.05) is 0 Å². The minimum absolute atomic E-state index is 0.0941. The van der Waals surface area contributed by atoms with Crippen molar-refractivity contribution >= 4 is 20.9 Å².